The Morgan fingerprint density at radius 1 is 1.29 bits per heavy atom. The van der Waals surface area contributed by atoms with Crippen molar-refractivity contribution >= 4 is 17.6 Å². The number of aliphatic hydroxyl groups is 1. The molecule has 0 spiro atoms. The largest absolute Gasteiger partial charge is 0.478 e. The highest BCUT2D eigenvalue weighted by molar-refractivity contribution is 6.31. The number of halogens is 1. The standard InChI is InChI=1S/C16H20ClNO3/c17-15-3-1-2-13(16(20)21)14(15)9-18-7-10-4-5-12(19)6-11(10)8-18/h1-3,10-12,19H,4-9H2,(H,20,21)/t10-,11+,12-/m0/s1. The molecule has 0 radical (unpaired) electrons. The number of nitrogens with zero attached hydrogens (tertiary/aromatic N) is 1. The first-order chi connectivity index (χ1) is 10.0. The van der Waals surface area contributed by atoms with E-state index in [1.54, 1.807) is 18.2 Å². The Kier molecular flexibility index (Phi) is 4.20. The number of carbonyl (C=O) groups is 1. The molecule has 3 atom stereocenters. The van der Waals surface area contributed by atoms with Crippen LogP contribution in [0.25, 0.3) is 0 Å². The summed E-state index contributed by atoms with van der Waals surface area (Å²) in [7, 11) is 0. The van der Waals surface area contributed by atoms with Gasteiger partial charge in [-0.1, -0.05) is 17.7 Å². The Balaban J connectivity index is 1.75. The van der Waals surface area contributed by atoms with E-state index in [9.17, 15) is 15.0 Å². The zero-order chi connectivity index (χ0) is 15.0. The number of carboxylic acid groups (broad SMARTS) is 1. The van der Waals surface area contributed by atoms with Gasteiger partial charge >= 0.3 is 5.97 Å². The molecule has 21 heavy (non-hydrogen) atoms. The van der Waals surface area contributed by atoms with Crippen LogP contribution in [-0.4, -0.2) is 40.3 Å². The van der Waals surface area contributed by atoms with E-state index in [0.29, 0.717) is 29.0 Å². The summed E-state index contributed by atoms with van der Waals surface area (Å²) in [6, 6.07) is 5.03. The van der Waals surface area contributed by atoms with Crippen LogP contribution in [0.2, 0.25) is 5.02 Å². The summed E-state index contributed by atoms with van der Waals surface area (Å²) in [5.41, 5.74) is 0.989. The number of rotatable bonds is 3. The molecule has 0 unspecified atom stereocenters. The second-order valence-corrected chi connectivity index (χ2v) is 6.66. The number of hydrogen-bond donors (Lipinski definition) is 2. The predicted molar refractivity (Wildman–Crippen MR) is 80.5 cm³/mol. The molecule has 3 rings (SSSR count). The fraction of sp³-hybridized carbons (Fsp3) is 0.562. The molecule has 1 aromatic carbocycles. The van der Waals surface area contributed by atoms with Gasteiger partial charge < -0.3 is 10.2 Å². The molecular weight excluding hydrogens is 290 g/mol. The minimum Gasteiger partial charge on any atom is -0.478 e. The molecule has 1 saturated heterocycles. The van der Waals surface area contributed by atoms with Crippen molar-refractivity contribution in [3.8, 4) is 0 Å². The lowest BCUT2D eigenvalue weighted by Crippen LogP contribution is -2.26. The van der Waals surface area contributed by atoms with Gasteiger partial charge in [0.2, 0.25) is 0 Å². The molecule has 114 valence electrons. The van der Waals surface area contributed by atoms with Crippen LogP contribution in [0.1, 0.15) is 35.2 Å². The molecular formula is C16H20ClNO3. The van der Waals surface area contributed by atoms with Crippen LogP contribution in [0.15, 0.2) is 18.2 Å². The van der Waals surface area contributed by atoms with Gasteiger partial charge in [0.25, 0.3) is 0 Å². The fourth-order valence-corrected chi connectivity index (χ4v) is 4.01. The van der Waals surface area contributed by atoms with E-state index < -0.39 is 5.97 Å². The van der Waals surface area contributed by atoms with Crippen molar-refractivity contribution in [1.82, 2.24) is 4.90 Å². The van der Waals surface area contributed by atoms with E-state index in [4.69, 9.17) is 11.6 Å². The lowest BCUT2D eigenvalue weighted by Gasteiger charge is -2.27. The minimum atomic E-state index is -0.931. The summed E-state index contributed by atoms with van der Waals surface area (Å²) in [4.78, 5) is 13.6. The number of aliphatic hydroxyl groups excluding tert-OH is 1. The summed E-state index contributed by atoms with van der Waals surface area (Å²) >= 11 is 6.20. The van der Waals surface area contributed by atoms with E-state index in [0.717, 1.165) is 32.4 Å². The molecule has 0 bridgehead atoms. The van der Waals surface area contributed by atoms with Crippen molar-refractivity contribution in [2.75, 3.05) is 13.1 Å². The van der Waals surface area contributed by atoms with E-state index in [1.165, 1.54) is 0 Å². The summed E-state index contributed by atoms with van der Waals surface area (Å²) in [6.45, 7) is 2.47. The van der Waals surface area contributed by atoms with Crippen LogP contribution in [0.3, 0.4) is 0 Å². The first-order valence-electron chi connectivity index (χ1n) is 7.45. The summed E-state index contributed by atoms with van der Waals surface area (Å²) in [5, 5.41) is 19.6. The molecule has 4 nitrogen and oxygen atoms in total. The molecule has 0 aromatic heterocycles. The second kappa shape index (κ2) is 5.95. The van der Waals surface area contributed by atoms with Crippen molar-refractivity contribution in [3.63, 3.8) is 0 Å². The smallest absolute Gasteiger partial charge is 0.336 e. The first kappa shape index (κ1) is 14.8. The molecule has 2 fully saturated rings. The molecule has 1 heterocycles. The van der Waals surface area contributed by atoms with E-state index >= 15 is 0 Å². The van der Waals surface area contributed by atoms with Gasteiger partial charge in [-0.25, -0.2) is 4.79 Å². The Hall–Kier alpha value is -1.10. The summed E-state index contributed by atoms with van der Waals surface area (Å²) in [6.07, 6.45) is 2.66. The van der Waals surface area contributed by atoms with E-state index in [1.807, 2.05) is 0 Å². The van der Waals surface area contributed by atoms with Crippen LogP contribution >= 0.6 is 11.6 Å². The van der Waals surface area contributed by atoms with Crippen LogP contribution < -0.4 is 0 Å². The van der Waals surface area contributed by atoms with Gasteiger partial charge in [-0.3, -0.25) is 4.90 Å². The lowest BCUT2D eigenvalue weighted by atomic mass is 9.80. The van der Waals surface area contributed by atoms with Crippen molar-refractivity contribution in [3.05, 3.63) is 34.3 Å². The predicted octanol–water partition coefficient (Wildman–Crippen LogP) is 2.63. The highest BCUT2D eigenvalue weighted by atomic mass is 35.5. The Morgan fingerprint density at radius 2 is 2.05 bits per heavy atom. The molecule has 0 amide bonds. The zero-order valence-electron chi connectivity index (χ0n) is 11.8. The maximum Gasteiger partial charge on any atom is 0.336 e. The topological polar surface area (TPSA) is 60.8 Å². The highest BCUT2D eigenvalue weighted by Crippen LogP contribution is 2.37. The third-order valence-corrected chi connectivity index (χ3v) is 5.18. The maximum absolute atomic E-state index is 11.3. The van der Waals surface area contributed by atoms with Crippen LogP contribution in [0.4, 0.5) is 0 Å². The van der Waals surface area contributed by atoms with Crippen LogP contribution in [0.5, 0.6) is 0 Å². The van der Waals surface area contributed by atoms with Gasteiger partial charge in [-0.15, -0.1) is 0 Å². The van der Waals surface area contributed by atoms with Gasteiger partial charge in [0.1, 0.15) is 0 Å². The van der Waals surface area contributed by atoms with Crippen LogP contribution in [-0.2, 0) is 6.54 Å². The maximum atomic E-state index is 11.3. The third kappa shape index (κ3) is 3.07. The second-order valence-electron chi connectivity index (χ2n) is 6.25. The molecule has 1 aliphatic carbocycles. The average Bonchev–Trinajstić information content (AvgIpc) is 2.82. The van der Waals surface area contributed by atoms with Gasteiger partial charge in [0.05, 0.1) is 11.7 Å². The van der Waals surface area contributed by atoms with E-state index in [2.05, 4.69) is 4.90 Å². The Bertz CT molecular complexity index is 548. The van der Waals surface area contributed by atoms with Crippen molar-refractivity contribution in [1.29, 1.82) is 0 Å². The van der Waals surface area contributed by atoms with E-state index in [-0.39, 0.29) is 11.7 Å². The molecule has 2 N–H and O–H groups in total. The lowest BCUT2D eigenvalue weighted by molar-refractivity contribution is 0.0694. The van der Waals surface area contributed by atoms with Crippen molar-refractivity contribution < 1.29 is 15.0 Å². The molecule has 1 aromatic rings. The Morgan fingerprint density at radius 3 is 2.81 bits per heavy atom. The number of carboxylic acids is 1. The number of fused-ring (bicyclic) bond motifs is 1. The molecule has 1 saturated carbocycles. The fourth-order valence-electron chi connectivity index (χ4n) is 3.78. The van der Waals surface area contributed by atoms with Gasteiger partial charge in [-0.05, 0) is 48.8 Å². The number of hydrogen-bond acceptors (Lipinski definition) is 3. The van der Waals surface area contributed by atoms with Crippen molar-refractivity contribution in [2.24, 2.45) is 11.8 Å². The van der Waals surface area contributed by atoms with Crippen LogP contribution in [0, 0.1) is 11.8 Å². The summed E-state index contributed by atoms with van der Waals surface area (Å²) < 4.78 is 0. The average molecular weight is 310 g/mol. The zero-order valence-corrected chi connectivity index (χ0v) is 12.6. The number of likely N-dealkylation sites (tertiary alicyclic amines) is 1. The normalized spacial score (nSPS) is 29.3. The molecule has 5 heteroatoms. The van der Waals surface area contributed by atoms with Gasteiger partial charge in [0, 0.05) is 24.7 Å². The monoisotopic (exact) mass is 309 g/mol. The third-order valence-electron chi connectivity index (χ3n) is 4.83. The molecule has 2 aliphatic rings. The minimum absolute atomic E-state index is 0.166. The first-order valence-corrected chi connectivity index (χ1v) is 7.83. The highest BCUT2D eigenvalue weighted by Gasteiger charge is 2.37. The van der Waals surface area contributed by atoms with Crippen molar-refractivity contribution in [2.45, 2.75) is 31.9 Å². The number of aromatic carboxylic acids is 1. The molecule has 1 aliphatic heterocycles. The summed E-state index contributed by atoms with van der Waals surface area (Å²) in [5.74, 6) is 0.230. The Labute approximate surface area is 129 Å². The van der Waals surface area contributed by atoms with Gasteiger partial charge in [-0.2, -0.15) is 0 Å². The van der Waals surface area contributed by atoms with Gasteiger partial charge in [0.15, 0.2) is 0 Å². The number of benzene rings is 1. The quantitative estimate of drug-likeness (QED) is 0.901. The SMILES string of the molecule is O=C(O)c1cccc(Cl)c1CN1C[C@H]2C[C@@H](O)CC[C@H]2C1.